The molecular weight excluding hydrogens is 230 g/mol. The Morgan fingerprint density at radius 1 is 1.56 bits per heavy atom. The van der Waals surface area contributed by atoms with Gasteiger partial charge in [-0.25, -0.2) is 4.79 Å². The van der Waals surface area contributed by atoms with Crippen LogP contribution in [0.15, 0.2) is 10.2 Å². The van der Waals surface area contributed by atoms with Gasteiger partial charge in [0.2, 0.25) is 5.88 Å². The van der Waals surface area contributed by atoms with Crippen LogP contribution in [0.5, 0.6) is 5.88 Å². The SMILES string of the molecule is COC(=O)C1(n2c(O)csc2=O)CCCC1. The van der Waals surface area contributed by atoms with Gasteiger partial charge >= 0.3 is 10.8 Å². The van der Waals surface area contributed by atoms with Crippen LogP contribution in [-0.2, 0) is 15.1 Å². The number of thiazole rings is 1. The van der Waals surface area contributed by atoms with Crippen LogP contribution in [0.3, 0.4) is 0 Å². The quantitative estimate of drug-likeness (QED) is 0.788. The van der Waals surface area contributed by atoms with Crippen molar-refractivity contribution in [3.8, 4) is 5.88 Å². The van der Waals surface area contributed by atoms with Crippen molar-refractivity contribution in [1.82, 2.24) is 4.57 Å². The largest absolute Gasteiger partial charge is 0.494 e. The van der Waals surface area contributed by atoms with E-state index >= 15 is 0 Å². The Morgan fingerprint density at radius 2 is 2.19 bits per heavy atom. The van der Waals surface area contributed by atoms with E-state index in [2.05, 4.69) is 0 Å². The minimum Gasteiger partial charge on any atom is -0.494 e. The van der Waals surface area contributed by atoms with Crippen molar-refractivity contribution in [3.05, 3.63) is 15.0 Å². The molecule has 1 aromatic heterocycles. The second kappa shape index (κ2) is 3.93. The second-order valence-corrected chi connectivity index (χ2v) is 4.75. The summed E-state index contributed by atoms with van der Waals surface area (Å²) in [4.78, 5) is 23.2. The molecule has 1 aliphatic rings. The van der Waals surface area contributed by atoms with E-state index in [0.717, 1.165) is 24.2 Å². The summed E-state index contributed by atoms with van der Waals surface area (Å²) in [5, 5.41) is 11.0. The molecule has 0 saturated heterocycles. The first kappa shape index (κ1) is 11.2. The van der Waals surface area contributed by atoms with Gasteiger partial charge in [0.25, 0.3) is 0 Å². The van der Waals surface area contributed by atoms with Crippen LogP contribution >= 0.6 is 11.3 Å². The molecule has 1 saturated carbocycles. The Balaban J connectivity index is 2.56. The number of rotatable bonds is 2. The van der Waals surface area contributed by atoms with E-state index in [0.29, 0.717) is 12.8 Å². The highest BCUT2D eigenvalue weighted by atomic mass is 32.1. The normalized spacial score (nSPS) is 18.6. The summed E-state index contributed by atoms with van der Waals surface area (Å²) in [5.41, 5.74) is -0.990. The summed E-state index contributed by atoms with van der Waals surface area (Å²) in [6.45, 7) is 0. The molecule has 1 fully saturated rings. The van der Waals surface area contributed by atoms with Gasteiger partial charge in [0.05, 0.1) is 12.5 Å². The first-order chi connectivity index (χ1) is 7.62. The summed E-state index contributed by atoms with van der Waals surface area (Å²) < 4.78 is 5.94. The fourth-order valence-corrected chi connectivity index (χ4v) is 3.05. The molecule has 0 spiro atoms. The standard InChI is InChI=1S/C10H13NO4S/c1-15-8(13)10(4-2-3-5-10)11-7(12)6-16-9(11)14/h6,12H,2-5H2,1H3. The van der Waals surface area contributed by atoms with Crippen LogP contribution in [0.2, 0.25) is 0 Å². The van der Waals surface area contributed by atoms with Crippen molar-refractivity contribution in [2.24, 2.45) is 0 Å². The molecule has 0 amide bonds. The molecule has 0 unspecified atom stereocenters. The molecule has 6 heteroatoms. The van der Waals surface area contributed by atoms with Crippen LogP contribution < -0.4 is 4.87 Å². The highest BCUT2D eigenvalue weighted by Gasteiger charge is 2.46. The minimum absolute atomic E-state index is 0.151. The van der Waals surface area contributed by atoms with Gasteiger partial charge in [-0.05, 0) is 12.8 Å². The third-order valence-corrected chi connectivity index (χ3v) is 3.81. The molecule has 0 bridgehead atoms. The predicted molar refractivity (Wildman–Crippen MR) is 58.7 cm³/mol. The number of carbonyl (C=O) groups is 1. The predicted octanol–water partition coefficient (Wildman–Crippen LogP) is 1.06. The maximum Gasteiger partial charge on any atom is 0.332 e. The van der Waals surface area contributed by atoms with Crippen molar-refractivity contribution < 1.29 is 14.6 Å². The van der Waals surface area contributed by atoms with Gasteiger partial charge < -0.3 is 9.84 Å². The van der Waals surface area contributed by atoms with E-state index in [1.807, 2.05) is 0 Å². The lowest BCUT2D eigenvalue weighted by molar-refractivity contribution is -0.151. The lowest BCUT2D eigenvalue weighted by Gasteiger charge is -2.27. The summed E-state index contributed by atoms with van der Waals surface area (Å²) in [7, 11) is 1.30. The lowest BCUT2D eigenvalue weighted by Crippen LogP contribution is -2.44. The number of carbonyl (C=O) groups excluding carboxylic acids is 1. The number of nitrogens with zero attached hydrogens (tertiary/aromatic N) is 1. The smallest absolute Gasteiger partial charge is 0.332 e. The fraction of sp³-hybridized carbons (Fsp3) is 0.600. The Kier molecular flexibility index (Phi) is 2.75. The van der Waals surface area contributed by atoms with Gasteiger partial charge in [0.15, 0.2) is 0 Å². The van der Waals surface area contributed by atoms with Crippen LogP contribution in [0.25, 0.3) is 0 Å². The van der Waals surface area contributed by atoms with Gasteiger partial charge in [-0.2, -0.15) is 0 Å². The fourth-order valence-electron chi connectivity index (χ4n) is 2.36. The molecule has 1 aliphatic carbocycles. The molecule has 0 aliphatic heterocycles. The van der Waals surface area contributed by atoms with Gasteiger partial charge in [-0.15, -0.1) is 0 Å². The Hall–Kier alpha value is -1.30. The third-order valence-electron chi connectivity index (χ3n) is 3.10. The number of hydrogen-bond acceptors (Lipinski definition) is 5. The highest BCUT2D eigenvalue weighted by molar-refractivity contribution is 7.07. The molecule has 1 heterocycles. The van der Waals surface area contributed by atoms with Gasteiger partial charge in [0, 0.05) is 0 Å². The van der Waals surface area contributed by atoms with Crippen LogP contribution in [-0.4, -0.2) is 22.8 Å². The van der Waals surface area contributed by atoms with Gasteiger partial charge in [0.1, 0.15) is 5.54 Å². The summed E-state index contributed by atoms with van der Waals surface area (Å²) in [5.74, 6) is -0.594. The molecule has 16 heavy (non-hydrogen) atoms. The van der Waals surface area contributed by atoms with Crippen LogP contribution in [0.1, 0.15) is 25.7 Å². The Morgan fingerprint density at radius 3 is 2.62 bits per heavy atom. The number of hydrogen-bond donors (Lipinski definition) is 1. The molecule has 2 rings (SSSR count). The average molecular weight is 243 g/mol. The van der Waals surface area contributed by atoms with Crippen LogP contribution in [0.4, 0.5) is 0 Å². The molecule has 1 N–H and O–H groups in total. The first-order valence-corrected chi connectivity index (χ1v) is 5.98. The lowest BCUT2D eigenvalue weighted by atomic mass is 9.97. The van der Waals surface area contributed by atoms with E-state index < -0.39 is 11.5 Å². The van der Waals surface area contributed by atoms with E-state index in [4.69, 9.17) is 4.74 Å². The van der Waals surface area contributed by atoms with E-state index in [1.165, 1.54) is 17.1 Å². The highest BCUT2D eigenvalue weighted by Crippen LogP contribution is 2.39. The van der Waals surface area contributed by atoms with Gasteiger partial charge in [-0.3, -0.25) is 9.36 Å². The summed E-state index contributed by atoms with van der Waals surface area (Å²) in [6.07, 6.45) is 2.81. The van der Waals surface area contributed by atoms with Crippen molar-refractivity contribution in [3.63, 3.8) is 0 Å². The molecular formula is C10H13NO4S. The number of esters is 1. The van der Waals surface area contributed by atoms with Crippen molar-refractivity contribution >= 4 is 17.3 Å². The molecule has 0 atom stereocenters. The molecule has 0 aromatic carbocycles. The minimum atomic E-state index is -0.990. The topological polar surface area (TPSA) is 68.5 Å². The molecule has 88 valence electrons. The Bertz CT molecular complexity index is 456. The number of methoxy groups -OCH3 is 1. The van der Waals surface area contributed by atoms with Crippen molar-refractivity contribution in [2.45, 2.75) is 31.2 Å². The number of ether oxygens (including phenoxy) is 1. The van der Waals surface area contributed by atoms with Crippen LogP contribution in [0, 0.1) is 0 Å². The number of aromatic nitrogens is 1. The Labute approximate surface area is 96.3 Å². The van der Waals surface area contributed by atoms with Gasteiger partial charge in [-0.1, -0.05) is 24.2 Å². The van der Waals surface area contributed by atoms with E-state index in [1.54, 1.807) is 0 Å². The molecule has 1 aromatic rings. The van der Waals surface area contributed by atoms with Crippen molar-refractivity contribution in [1.29, 1.82) is 0 Å². The first-order valence-electron chi connectivity index (χ1n) is 5.10. The second-order valence-electron chi connectivity index (χ2n) is 3.93. The maximum atomic E-state index is 11.9. The average Bonchev–Trinajstić information content (AvgIpc) is 2.86. The zero-order chi connectivity index (χ0) is 11.8. The summed E-state index contributed by atoms with van der Waals surface area (Å²) >= 11 is 0.894. The molecule has 5 nitrogen and oxygen atoms in total. The zero-order valence-corrected chi connectivity index (χ0v) is 9.75. The summed E-state index contributed by atoms with van der Waals surface area (Å²) in [6, 6.07) is 0. The van der Waals surface area contributed by atoms with E-state index in [-0.39, 0.29) is 10.8 Å². The molecule has 0 radical (unpaired) electrons. The zero-order valence-electron chi connectivity index (χ0n) is 8.93. The van der Waals surface area contributed by atoms with E-state index in [9.17, 15) is 14.7 Å². The number of aromatic hydroxyl groups is 1. The third kappa shape index (κ3) is 1.44. The monoisotopic (exact) mass is 243 g/mol. The maximum absolute atomic E-state index is 11.9. The van der Waals surface area contributed by atoms with Crippen molar-refractivity contribution in [2.75, 3.05) is 7.11 Å².